The second kappa shape index (κ2) is 8.08. The average molecular weight is 437 g/mol. The Morgan fingerprint density at radius 1 is 0.968 bits per heavy atom. The van der Waals surface area contributed by atoms with E-state index in [9.17, 15) is 0 Å². The van der Waals surface area contributed by atoms with Crippen molar-refractivity contribution in [1.82, 2.24) is 25.2 Å². The van der Waals surface area contributed by atoms with E-state index in [-0.39, 0.29) is 12.1 Å². The van der Waals surface area contributed by atoms with Gasteiger partial charge in [-0.15, -0.1) is 0 Å². The highest BCUT2D eigenvalue weighted by molar-refractivity contribution is 6.31. The molecule has 2 aromatic heterocycles. The number of para-hydroxylation sites is 1. The Morgan fingerprint density at radius 2 is 1.90 bits per heavy atom. The first kappa shape index (κ1) is 19.5. The Bertz CT molecular complexity index is 1080. The molecular weight excluding hydrogens is 408 g/mol. The number of hydrogen-bond donors (Lipinski definition) is 2. The summed E-state index contributed by atoms with van der Waals surface area (Å²) in [6, 6.07) is 11.4. The van der Waals surface area contributed by atoms with Gasteiger partial charge in [0, 0.05) is 31.9 Å². The van der Waals surface area contributed by atoms with Gasteiger partial charge in [0.2, 0.25) is 0 Å². The number of benzene rings is 1. The van der Waals surface area contributed by atoms with Crippen LogP contribution < -0.4 is 10.2 Å². The number of rotatable bonds is 3. The molecule has 0 amide bonds. The second-order valence-electron chi connectivity index (χ2n) is 9.15. The topological polar surface area (TPSA) is 60.1 Å². The van der Waals surface area contributed by atoms with Crippen LogP contribution in [0.4, 0.5) is 5.69 Å². The Hall–Kier alpha value is -2.15. The summed E-state index contributed by atoms with van der Waals surface area (Å²) in [6.07, 6.45) is 7.72. The van der Waals surface area contributed by atoms with Crippen molar-refractivity contribution in [3.63, 3.8) is 0 Å². The maximum absolute atomic E-state index is 6.43. The van der Waals surface area contributed by atoms with Gasteiger partial charge in [-0.3, -0.25) is 15.2 Å². The molecule has 6 nitrogen and oxygen atoms in total. The predicted octanol–water partition coefficient (Wildman–Crippen LogP) is 4.45. The molecule has 3 fully saturated rings. The lowest BCUT2D eigenvalue weighted by Gasteiger charge is -2.38. The molecule has 5 heterocycles. The molecule has 3 aromatic rings. The summed E-state index contributed by atoms with van der Waals surface area (Å²) < 4.78 is 0. The van der Waals surface area contributed by atoms with E-state index in [1.54, 1.807) is 0 Å². The Labute approximate surface area is 188 Å². The van der Waals surface area contributed by atoms with E-state index < -0.39 is 0 Å². The minimum atomic E-state index is 0.163. The zero-order valence-electron chi connectivity index (χ0n) is 17.7. The number of imidazole rings is 1. The number of halogens is 1. The number of hydrogen-bond acceptors (Lipinski definition) is 5. The van der Waals surface area contributed by atoms with Gasteiger partial charge in [0.15, 0.2) is 0 Å². The minimum absolute atomic E-state index is 0.163. The maximum Gasteiger partial charge on any atom is 0.124 e. The van der Waals surface area contributed by atoms with Crippen LogP contribution in [0, 0.1) is 0 Å². The molecule has 1 aromatic carbocycles. The normalized spacial score (nSPS) is 27.0. The highest BCUT2D eigenvalue weighted by atomic mass is 35.5. The third kappa shape index (κ3) is 3.60. The van der Waals surface area contributed by atoms with Crippen molar-refractivity contribution in [2.24, 2.45) is 0 Å². The van der Waals surface area contributed by atoms with Crippen LogP contribution >= 0.6 is 11.6 Å². The van der Waals surface area contributed by atoms with Crippen LogP contribution in [0.5, 0.6) is 0 Å². The molecule has 7 heteroatoms. The number of nitrogens with one attached hydrogen (secondary N) is 2. The van der Waals surface area contributed by atoms with Crippen LogP contribution in [0.25, 0.3) is 11.0 Å². The first-order chi connectivity index (χ1) is 15.3. The minimum Gasteiger partial charge on any atom is -0.367 e. The van der Waals surface area contributed by atoms with Gasteiger partial charge >= 0.3 is 0 Å². The smallest absolute Gasteiger partial charge is 0.124 e. The summed E-state index contributed by atoms with van der Waals surface area (Å²) in [5, 5.41) is 4.49. The van der Waals surface area contributed by atoms with Crippen LogP contribution in [0.3, 0.4) is 0 Å². The van der Waals surface area contributed by atoms with Gasteiger partial charge < -0.3 is 9.88 Å². The Kier molecular flexibility index (Phi) is 5.09. The van der Waals surface area contributed by atoms with E-state index in [4.69, 9.17) is 16.6 Å². The fourth-order valence-electron chi connectivity index (χ4n) is 5.69. The summed E-state index contributed by atoms with van der Waals surface area (Å²) in [4.78, 5) is 18.5. The predicted molar refractivity (Wildman–Crippen MR) is 125 cm³/mol. The van der Waals surface area contributed by atoms with Crippen LogP contribution in [-0.2, 0) is 0 Å². The van der Waals surface area contributed by atoms with E-state index in [1.165, 1.54) is 25.1 Å². The summed E-state index contributed by atoms with van der Waals surface area (Å²) in [5.74, 6) is 1.03. The quantitative estimate of drug-likeness (QED) is 0.635. The number of nitrogens with zero attached hydrogens (tertiary/aromatic N) is 4. The molecule has 0 aliphatic carbocycles. The SMILES string of the molecule is Clc1cccnc1[C@@H]1CCC[C@H](c2nc3c(N4CCN5CCCC5C4)cccc3[nH]2)N1. The van der Waals surface area contributed by atoms with Crippen molar-refractivity contribution < 1.29 is 0 Å². The van der Waals surface area contributed by atoms with Crippen molar-refractivity contribution in [2.45, 2.75) is 50.2 Å². The van der Waals surface area contributed by atoms with Crippen LogP contribution in [0.2, 0.25) is 5.02 Å². The number of H-pyrrole nitrogens is 1. The number of fused-ring (bicyclic) bond motifs is 2. The van der Waals surface area contributed by atoms with E-state index in [0.29, 0.717) is 6.04 Å². The molecule has 31 heavy (non-hydrogen) atoms. The first-order valence-electron chi connectivity index (χ1n) is 11.6. The summed E-state index contributed by atoms with van der Waals surface area (Å²) in [5.41, 5.74) is 4.44. The largest absolute Gasteiger partial charge is 0.367 e. The highest BCUT2D eigenvalue weighted by Gasteiger charge is 2.32. The van der Waals surface area contributed by atoms with E-state index >= 15 is 0 Å². The van der Waals surface area contributed by atoms with Crippen molar-refractivity contribution in [2.75, 3.05) is 31.1 Å². The van der Waals surface area contributed by atoms with Crippen molar-refractivity contribution in [3.05, 3.63) is 53.1 Å². The average Bonchev–Trinajstić information content (AvgIpc) is 3.46. The van der Waals surface area contributed by atoms with Crippen molar-refractivity contribution >= 4 is 28.3 Å². The fourth-order valence-corrected chi connectivity index (χ4v) is 5.94. The number of pyridine rings is 1. The molecule has 2 N–H and O–H groups in total. The molecule has 3 atom stereocenters. The number of piperidine rings is 1. The molecule has 0 saturated carbocycles. The molecule has 3 saturated heterocycles. The number of piperazine rings is 1. The monoisotopic (exact) mass is 436 g/mol. The molecule has 0 radical (unpaired) electrons. The van der Waals surface area contributed by atoms with E-state index in [0.717, 1.165) is 66.5 Å². The Balaban J connectivity index is 1.27. The van der Waals surface area contributed by atoms with Crippen LogP contribution in [0.1, 0.15) is 55.7 Å². The summed E-state index contributed by atoms with van der Waals surface area (Å²) in [7, 11) is 0. The number of aromatic amines is 1. The van der Waals surface area contributed by atoms with Gasteiger partial charge in [0.1, 0.15) is 11.3 Å². The van der Waals surface area contributed by atoms with E-state index in [1.807, 2.05) is 18.3 Å². The van der Waals surface area contributed by atoms with Crippen molar-refractivity contribution in [3.8, 4) is 0 Å². The summed E-state index contributed by atoms with van der Waals surface area (Å²) in [6.45, 7) is 4.63. The van der Waals surface area contributed by atoms with Gasteiger partial charge in [-0.25, -0.2) is 4.98 Å². The molecule has 3 aliphatic rings. The lowest BCUT2D eigenvalue weighted by atomic mass is 9.95. The zero-order valence-corrected chi connectivity index (χ0v) is 18.5. The Morgan fingerprint density at radius 3 is 2.84 bits per heavy atom. The van der Waals surface area contributed by atoms with Gasteiger partial charge in [0.25, 0.3) is 0 Å². The first-order valence-corrected chi connectivity index (χ1v) is 12.0. The van der Waals surface area contributed by atoms with Gasteiger partial charge in [-0.05, 0) is 62.9 Å². The van der Waals surface area contributed by atoms with Crippen LogP contribution in [-0.4, -0.2) is 52.1 Å². The molecule has 3 aliphatic heterocycles. The van der Waals surface area contributed by atoms with Crippen LogP contribution in [0.15, 0.2) is 36.5 Å². The van der Waals surface area contributed by atoms with Gasteiger partial charge in [0.05, 0.1) is 34.0 Å². The zero-order chi connectivity index (χ0) is 20.8. The second-order valence-corrected chi connectivity index (χ2v) is 9.55. The maximum atomic E-state index is 6.43. The molecule has 162 valence electrons. The third-order valence-corrected chi connectivity index (χ3v) is 7.59. The fraction of sp³-hybridized carbons (Fsp3) is 0.500. The molecule has 0 bridgehead atoms. The van der Waals surface area contributed by atoms with E-state index in [2.05, 4.69) is 43.3 Å². The van der Waals surface area contributed by atoms with Gasteiger partial charge in [-0.1, -0.05) is 17.7 Å². The number of anilines is 1. The lowest BCUT2D eigenvalue weighted by Crippen LogP contribution is -2.50. The van der Waals surface area contributed by atoms with Crippen molar-refractivity contribution in [1.29, 1.82) is 0 Å². The standard InChI is InChI=1S/C24H29ClN6/c25-17-6-3-11-26-22(17)18-7-1-9-20(27-18)24-28-19-8-2-10-21(23(19)29-24)31-14-13-30-12-4-5-16(30)15-31/h2-3,6,8,10-11,16,18,20,27H,1,4-5,7,9,12-15H2,(H,28,29)/t16?,18-,20+/m0/s1. The molecule has 6 rings (SSSR count). The third-order valence-electron chi connectivity index (χ3n) is 7.27. The molecule has 1 unspecified atom stereocenters. The summed E-state index contributed by atoms with van der Waals surface area (Å²) >= 11 is 6.43. The molecular formula is C24H29ClN6. The number of aromatic nitrogens is 3. The highest BCUT2D eigenvalue weighted by Crippen LogP contribution is 2.36. The van der Waals surface area contributed by atoms with Gasteiger partial charge in [-0.2, -0.15) is 0 Å². The lowest BCUT2D eigenvalue weighted by molar-refractivity contribution is 0.231. The molecule has 0 spiro atoms.